The van der Waals surface area contributed by atoms with E-state index in [-0.39, 0.29) is 28.4 Å². The predicted molar refractivity (Wildman–Crippen MR) is 112 cm³/mol. The van der Waals surface area contributed by atoms with Crippen molar-refractivity contribution in [2.45, 2.75) is 65.7 Å². The molecule has 0 bridgehead atoms. The molecule has 3 aliphatic rings. The van der Waals surface area contributed by atoms with Gasteiger partial charge in [-0.2, -0.15) is 0 Å². The van der Waals surface area contributed by atoms with E-state index in [1.165, 1.54) is 22.5 Å². The lowest BCUT2D eigenvalue weighted by Gasteiger charge is -2.54. The van der Waals surface area contributed by atoms with Gasteiger partial charge in [0.1, 0.15) is 0 Å². The Labute approximate surface area is 168 Å². The van der Waals surface area contributed by atoms with Gasteiger partial charge in [-0.15, -0.1) is 0 Å². The van der Waals surface area contributed by atoms with Crippen LogP contribution in [0.1, 0.15) is 71.3 Å². The number of carbonyl (C=O) groups is 2. The van der Waals surface area contributed by atoms with E-state index in [1.807, 2.05) is 6.07 Å². The third-order valence-corrected chi connectivity index (χ3v) is 7.83. The van der Waals surface area contributed by atoms with Crippen molar-refractivity contribution in [3.05, 3.63) is 58.4 Å². The number of rotatable bonds is 3. The zero-order valence-electron chi connectivity index (χ0n) is 17.5. The average Bonchev–Trinajstić information content (AvgIpc) is 2.69. The van der Waals surface area contributed by atoms with E-state index in [2.05, 4.69) is 57.3 Å². The molecule has 0 spiro atoms. The number of benzene rings is 1. The van der Waals surface area contributed by atoms with Crippen LogP contribution < -0.4 is 5.32 Å². The first-order valence-electron chi connectivity index (χ1n) is 10.6. The molecule has 0 amide bonds. The van der Waals surface area contributed by atoms with Crippen molar-refractivity contribution in [2.24, 2.45) is 16.7 Å². The summed E-state index contributed by atoms with van der Waals surface area (Å²) < 4.78 is 0. The maximum Gasteiger partial charge on any atom is 0.202 e. The van der Waals surface area contributed by atoms with E-state index in [4.69, 9.17) is 0 Å². The summed E-state index contributed by atoms with van der Waals surface area (Å²) in [6.07, 6.45) is 5.40. The summed E-state index contributed by atoms with van der Waals surface area (Å²) in [5.41, 5.74) is 6.49. The van der Waals surface area contributed by atoms with Crippen molar-refractivity contribution < 1.29 is 9.59 Å². The number of nitrogens with one attached hydrogen (secondary N) is 1. The van der Waals surface area contributed by atoms with Crippen LogP contribution in [0.4, 0.5) is 0 Å². The molecule has 2 unspecified atom stereocenters. The smallest absolute Gasteiger partial charge is 0.202 e. The van der Waals surface area contributed by atoms with Crippen molar-refractivity contribution in [2.75, 3.05) is 0 Å². The molecule has 0 radical (unpaired) electrons. The molecule has 1 N–H and O–H groups in total. The Morgan fingerprint density at radius 1 is 1.07 bits per heavy atom. The fourth-order valence-electron chi connectivity index (χ4n) is 5.50. The lowest BCUT2D eigenvalue weighted by Crippen LogP contribution is -2.46. The van der Waals surface area contributed by atoms with E-state index >= 15 is 0 Å². The largest absolute Gasteiger partial charge is 0.362 e. The van der Waals surface area contributed by atoms with Crippen LogP contribution in [-0.2, 0) is 9.59 Å². The van der Waals surface area contributed by atoms with Gasteiger partial charge in [-0.05, 0) is 59.6 Å². The van der Waals surface area contributed by atoms with Crippen LogP contribution in [-0.4, -0.2) is 12.1 Å². The van der Waals surface area contributed by atoms with Gasteiger partial charge in [-0.3, -0.25) is 9.59 Å². The Morgan fingerprint density at radius 2 is 1.79 bits per heavy atom. The second-order valence-electron chi connectivity index (χ2n) is 9.77. The number of ketones is 1. The second kappa shape index (κ2) is 6.72. The number of Topliss-reactive ketones (excluding diaryl/α,β-unsaturated/α-hetero) is 1. The highest BCUT2D eigenvalue weighted by Gasteiger charge is 2.51. The Kier molecular flexibility index (Phi) is 4.60. The number of hydrogen-bond donors (Lipinski definition) is 1. The van der Waals surface area contributed by atoms with Gasteiger partial charge in [0.25, 0.3) is 0 Å². The molecule has 1 aliphatic heterocycles. The summed E-state index contributed by atoms with van der Waals surface area (Å²) >= 11 is 0. The summed E-state index contributed by atoms with van der Waals surface area (Å²) in [5.74, 6) is -0.489. The van der Waals surface area contributed by atoms with E-state index in [0.29, 0.717) is 6.29 Å². The van der Waals surface area contributed by atoms with E-state index in [0.717, 1.165) is 37.7 Å². The first kappa shape index (κ1) is 19.2. The molecule has 148 valence electrons. The van der Waals surface area contributed by atoms with Crippen LogP contribution in [0.5, 0.6) is 0 Å². The Balaban J connectivity index is 1.95. The number of allylic oxidation sites excluding steroid dienone is 4. The average molecular weight is 378 g/mol. The van der Waals surface area contributed by atoms with E-state index in [1.54, 1.807) is 0 Å². The monoisotopic (exact) mass is 377 g/mol. The van der Waals surface area contributed by atoms with Gasteiger partial charge in [-0.25, -0.2) is 0 Å². The van der Waals surface area contributed by atoms with Crippen LogP contribution in [0.2, 0.25) is 0 Å². The molecular weight excluding hydrogens is 346 g/mol. The van der Waals surface area contributed by atoms with E-state index in [9.17, 15) is 9.59 Å². The SMILES string of the molecule is CC1(C)CCC2=C(C(c3ccccc3)C3=C(CCCC3C(=O)C=O)N2)C1(C)C. The van der Waals surface area contributed by atoms with Gasteiger partial charge >= 0.3 is 0 Å². The number of carbonyl (C=O) groups excluding carboxylic acids is 2. The topological polar surface area (TPSA) is 46.2 Å². The normalized spacial score (nSPS) is 28.1. The quantitative estimate of drug-likeness (QED) is 0.574. The molecule has 2 aliphatic carbocycles. The zero-order chi connectivity index (χ0) is 20.1. The lowest BCUT2D eigenvalue weighted by atomic mass is 9.52. The van der Waals surface area contributed by atoms with Crippen molar-refractivity contribution >= 4 is 12.1 Å². The highest BCUT2D eigenvalue weighted by atomic mass is 16.2. The van der Waals surface area contributed by atoms with Gasteiger partial charge < -0.3 is 5.32 Å². The summed E-state index contributed by atoms with van der Waals surface area (Å²) in [6, 6.07) is 10.6. The van der Waals surface area contributed by atoms with Gasteiger partial charge in [0.05, 0.1) is 0 Å². The summed E-state index contributed by atoms with van der Waals surface area (Å²) in [6.45, 7) is 9.42. The van der Waals surface area contributed by atoms with Crippen molar-refractivity contribution in [1.82, 2.24) is 5.32 Å². The number of dihydropyridines is 1. The molecule has 4 rings (SSSR count). The van der Waals surface area contributed by atoms with Crippen LogP contribution in [0.3, 0.4) is 0 Å². The highest BCUT2D eigenvalue weighted by Crippen LogP contribution is 2.60. The Morgan fingerprint density at radius 3 is 2.46 bits per heavy atom. The fourth-order valence-corrected chi connectivity index (χ4v) is 5.50. The molecule has 1 aromatic rings. The zero-order valence-corrected chi connectivity index (χ0v) is 17.5. The maximum atomic E-state index is 12.6. The molecule has 0 aromatic heterocycles. The maximum absolute atomic E-state index is 12.6. The van der Waals surface area contributed by atoms with Crippen LogP contribution in [0.15, 0.2) is 52.9 Å². The molecule has 0 fully saturated rings. The molecule has 3 nitrogen and oxygen atoms in total. The number of aldehydes is 1. The minimum atomic E-state index is -0.297. The van der Waals surface area contributed by atoms with E-state index < -0.39 is 0 Å². The van der Waals surface area contributed by atoms with Crippen molar-refractivity contribution in [1.29, 1.82) is 0 Å². The number of hydrogen-bond acceptors (Lipinski definition) is 3. The molecule has 1 aromatic carbocycles. The van der Waals surface area contributed by atoms with Crippen molar-refractivity contribution in [3.63, 3.8) is 0 Å². The van der Waals surface area contributed by atoms with Crippen LogP contribution in [0.25, 0.3) is 0 Å². The Bertz CT molecular complexity index is 873. The highest BCUT2D eigenvalue weighted by molar-refractivity contribution is 6.26. The van der Waals surface area contributed by atoms with Gasteiger partial charge in [0, 0.05) is 23.2 Å². The standard InChI is InChI=1S/C25H31NO2/c1-24(2)14-13-19-23(25(24,3)4)21(16-9-6-5-7-10-16)22-17(20(28)15-27)11-8-12-18(22)26-19/h5-7,9-10,15,17,21,26H,8,11-14H2,1-4H3. The molecule has 28 heavy (non-hydrogen) atoms. The fraction of sp³-hybridized carbons (Fsp3) is 0.520. The van der Waals surface area contributed by atoms with Crippen molar-refractivity contribution in [3.8, 4) is 0 Å². The molecule has 3 heteroatoms. The summed E-state index contributed by atoms with van der Waals surface area (Å²) in [4.78, 5) is 24.0. The molecule has 0 saturated carbocycles. The van der Waals surface area contributed by atoms with Gasteiger partial charge in [-0.1, -0.05) is 58.0 Å². The molecule has 1 heterocycles. The van der Waals surface area contributed by atoms with Crippen LogP contribution >= 0.6 is 0 Å². The summed E-state index contributed by atoms with van der Waals surface area (Å²) in [7, 11) is 0. The lowest BCUT2D eigenvalue weighted by molar-refractivity contribution is -0.132. The third-order valence-electron chi connectivity index (χ3n) is 7.83. The molecule has 2 atom stereocenters. The third kappa shape index (κ3) is 2.78. The minimum Gasteiger partial charge on any atom is -0.362 e. The van der Waals surface area contributed by atoms with Crippen LogP contribution in [0, 0.1) is 16.7 Å². The summed E-state index contributed by atoms with van der Waals surface area (Å²) in [5, 5.41) is 3.75. The predicted octanol–water partition coefficient (Wildman–Crippen LogP) is 5.30. The Hall–Kier alpha value is -2.16. The van der Waals surface area contributed by atoms with Gasteiger partial charge in [0.2, 0.25) is 5.78 Å². The first-order valence-corrected chi connectivity index (χ1v) is 10.6. The first-order chi connectivity index (χ1) is 13.3. The molecular formula is C25H31NO2. The minimum absolute atomic E-state index is 0.0150. The molecule has 0 saturated heterocycles. The second-order valence-corrected chi connectivity index (χ2v) is 9.77. The van der Waals surface area contributed by atoms with Gasteiger partial charge in [0.15, 0.2) is 6.29 Å².